The summed E-state index contributed by atoms with van der Waals surface area (Å²) in [5, 5.41) is 10.1. The number of nitrogens with zero attached hydrogens (tertiary/aromatic N) is 1. The number of pyridine rings is 1. The number of benzene rings is 1. The highest BCUT2D eigenvalue weighted by molar-refractivity contribution is 5.60. The summed E-state index contributed by atoms with van der Waals surface area (Å²) >= 11 is 0. The van der Waals surface area contributed by atoms with Gasteiger partial charge in [0.25, 0.3) is 0 Å². The van der Waals surface area contributed by atoms with Crippen molar-refractivity contribution in [2.75, 3.05) is 6.61 Å². The maximum Gasteiger partial charge on any atom is 0.119 e. The molecule has 0 aliphatic heterocycles. The van der Waals surface area contributed by atoms with E-state index >= 15 is 0 Å². The van der Waals surface area contributed by atoms with Crippen molar-refractivity contribution in [1.29, 1.82) is 0 Å². The lowest BCUT2D eigenvalue weighted by Crippen LogP contribution is -2.17. The molecule has 0 atom stereocenters. The smallest absolute Gasteiger partial charge is 0.119 e. The van der Waals surface area contributed by atoms with Gasteiger partial charge in [-0.1, -0.05) is 13.0 Å². The molecule has 0 bridgehead atoms. The van der Waals surface area contributed by atoms with Crippen molar-refractivity contribution in [2.24, 2.45) is 0 Å². The predicted octanol–water partition coefficient (Wildman–Crippen LogP) is 4.07. The second-order valence-corrected chi connectivity index (χ2v) is 5.76. The van der Waals surface area contributed by atoms with Gasteiger partial charge in [-0.05, 0) is 57.5 Å². The van der Waals surface area contributed by atoms with Crippen LogP contribution in [0.1, 0.15) is 38.4 Å². The van der Waals surface area contributed by atoms with Crippen LogP contribution in [0.4, 0.5) is 0 Å². The van der Waals surface area contributed by atoms with Crippen LogP contribution in [0.5, 0.6) is 5.75 Å². The first-order valence-corrected chi connectivity index (χ1v) is 7.35. The van der Waals surface area contributed by atoms with Gasteiger partial charge >= 0.3 is 0 Å². The van der Waals surface area contributed by atoms with E-state index in [2.05, 4.69) is 11.9 Å². The highest BCUT2D eigenvalue weighted by Gasteiger charge is 2.19. The van der Waals surface area contributed by atoms with Crippen LogP contribution in [0, 0.1) is 6.92 Å². The van der Waals surface area contributed by atoms with Gasteiger partial charge in [0.05, 0.1) is 17.9 Å². The molecule has 0 saturated heterocycles. The quantitative estimate of drug-likeness (QED) is 0.900. The Labute approximate surface area is 126 Å². The highest BCUT2D eigenvalue weighted by Crippen LogP contribution is 2.26. The van der Waals surface area contributed by atoms with Gasteiger partial charge in [-0.2, -0.15) is 0 Å². The summed E-state index contributed by atoms with van der Waals surface area (Å²) in [5.74, 6) is 0.880. The zero-order valence-electron chi connectivity index (χ0n) is 13.2. The minimum atomic E-state index is -0.868. The second kappa shape index (κ2) is 6.27. The predicted molar refractivity (Wildman–Crippen MR) is 85.4 cm³/mol. The number of aromatic nitrogens is 1. The summed E-state index contributed by atoms with van der Waals surface area (Å²) in [5.41, 5.74) is 2.79. The van der Waals surface area contributed by atoms with E-state index in [4.69, 9.17) is 4.74 Å². The Morgan fingerprint density at radius 2 is 1.76 bits per heavy atom. The number of rotatable bonds is 5. The number of hydrogen-bond donors (Lipinski definition) is 1. The molecule has 2 aromatic rings. The molecule has 1 aromatic carbocycles. The molecule has 0 unspecified atom stereocenters. The van der Waals surface area contributed by atoms with E-state index in [1.165, 1.54) is 0 Å². The molecule has 112 valence electrons. The van der Waals surface area contributed by atoms with Crippen molar-refractivity contribution in [3.05, 3.63) is 47.7 Å². The van der Waals surface area contributed by atoms with Crippen molar-refractivity contribution in [1.82, 2.24) is 4.98 Å². The standard InChI is InChI=1S/C18H23NO2/c1-5-12-21-15-8-6-14(7-9-15)17-11-10-16(13(2)19-17)18(3,4)20/h6-11,20H,5,12H2,1-4H3. The summed E-state index contributed by atoms with van der Waals surface area (Å²) in [6.45, 7) is 8.30. The summed E-state index contributed by atoms with van der Waals surface area (Å²) in [6.07, 6.45) is 1.00. The van der Waals surface area contributed by atoms with Crippen molar-refractivity contribution in [2.45, 2.75) is 39.7 Å². The first-order valence-electron chi connectivity index (χ1n) is 7.35. The van der Waals surface area contributed by atoms with Crippen molar-refractivity contribution < 1.29 is 9.84 Å². The summed E-state index contributed by atoms with van der Waals surface area (Å²) in [4.78, 5) is 4.60. The van der Waals surface area contributed by atoms with Crippen LogP contribution in [-0.2, 0) is 5.60 Å². The van der Waals surface area contributed by atoms with Crippen LogP contribution >= 0.6 is 0 Å². The van der Waals surface area contributed by atoms with Crippen molar-refractivity contribution >= 4 is 0 Å². The Hall–Kier alpha value is -1.87. The van der Waals surface area contributed by atoms with Crippen LogP contribution in [0.25, 0.3) is 11.3 Å². The van der Waals surface area contributed by atoms with Crippen LogP contribution < -0.4 is 4.74 Å². The average Bonchev–Trinajstić information content (AvgIpc) is 2.44. The third kappa shape index (κ3) is 3.82. The fourth-order valence-corrected chi connectivity index (χ4v) is 2.31. The summed E-state index contributed by atoms with van der Waals surface area (Å²) in [7, 11) is 0. The minimum absolute atomic E-state index is 0.733. The monoisotopic (exact) mass is 285 g/mol. The van der Waals surface area contributed by atoms with Crippen LogP contribution in [0.15, 0.2) is 36.4 Å². The highest BCUT2D eigenvalue weighted by atomic mass is 16.5. The van der Waals surface area contributed by atoms with E-state index in [0.29, 0.717) is 0 Å². The Bertz CT molecular complexity index is 598. The lowest BCUT2D eigenvalue weighted by Gasteiger charge is -2.20. The van der Waals surface area contributed by atoms with E-state index in [-0.39, 0.29) is 0 Å². The summed E-state index contributed by atoms with van der Waals surface area (Å²) < 4.78 is 5.58. The van der Waals surface area contributed by atoms with Crippen molar-refractivity contribution in [3.63, 3.8) is 0 Å². The first-order chi connectivity index (χ1) is 9.91. The van der Waals surface area contributed by atoms with E-state index in [1.807, 2.05) is 43.3 Å². The van der Waals surface area contributed by atoms with Gasteiger partial charge in [-0.25, -0.2) is 0 Å². The van der Waals surface area contributed by atoms with Crippen LogP contribution in [0.2, 0.25) is 0 Å². The molecule has 1 heterocycles. The molecular formula is C18H23NO2. The van der Waals surface area contributed by atoms with Gasteiger partial charge < -0.3 is 9.84 Å². The number of hydrogen-bond acceptors (Lipinski definition) is 3. The fourth-order valence-electron chi connectivity index (χ4n) is 2.31. The van der Waals surface area contributed by atoms with Gasteiger partial charge in [0.15, 0.2) is 0 Å². The molecule has 21 heavy (non-hydrogen) atoms. The Balaban J connectivity index is 2.24. The van der Waals surface area contributed by atoms with Gasteiger partial charge in [0, 0.05) is 16.8 Å². The molecule has 0 saturated carbocycles. The van der Waals surface area contributed by atoms with Crippen LogP contribution in [-0.4, -0.2) is 16.7 Å². The number of ether oxygens (including phenoxy) is 1. The normalized spacial score (nSPS) is 11.5. The molecule has 0 aliphatic carbocycles. The van der Waals surface area contributed by atoms with E-state index in [9.17, 15) is 5.11 Å². The SMILES string of the molecule is CCCOc1ccc(-c2ccc(C(C)(C)O)c(C)n2)cc1. The Morgan fingerprint density at radius 1 is 1.10 bits per heavy atom. The molecule has 3 heteroatoms. The van der Waals surface area contributed by atoms with E-state index in [1.54, 1.807) is 13.8 Å². The third-order valence-electron chi connectivity index (χ3n) is 3.37. The lowest BCUT2D eigenvalue weighted by molar-refractivity contribution is 0.0775. The fraction of sp³-hybridized carbons (Fsp3) is 0.389. The molecule has 1 aromatic heterocycles. The van der Waals surface area contributed by atoms with Gasteiger partial charge in [0.1, 0.15) is 5.75 Å². The Morgan fingerprint density at radius 3 is 2.29 bits per heavy atom. The molecule has 2 rings (SSSR count). The maximum atomic E-state index is 10.1. The molecule has 0 spiro atoms. The first kappa shape index (κ1) is 15.5. The molecule has 0 amide bonds. The van der Waals surface area contributed by atoms with Gasteiger partial charge in [0.2, 0.25) is 0 Å². The van der Waals surface area contributed by atoms with Crippen molar-refractivity contribution in [3.8, 4) is 17.0 Å². The maximum absolute atomic E-state index is 10.1. The molecule has 3 nitrogen and oxygen atoms in total. The largest absolute Gasteiger partial charge is 0.494 e. The van der Waals surface area contributed by atoms with Crippen LogP contribution in [0.3, 0.4) is 0 Å². The minimum Gasteiger partial charge on any atom is -0.494 e. The topological polar surface area (TPSA) is 42.4 Å². The molecule has 0 aliphatic rings. The van der Waals surface area contributed by atoms with E-state index in [0.717, 1.165) is 41.3 Å². The molecule has 1 N–H and O–H groups in total. The number of aliphatic hydroxyl groups is 1. The van der Waals surface area contributed by atoms with Gasteiger partial charge in [-0.3, -0.25) is 4.98 Å². The summed E-state index contributed by atoms with van der Waals surface area (Å²) in [6, 6.07) is 11.8. The van der Waals surface area contributed by atoms with Gasteiger partial charge in [-0.15, -0.1) is 0 Å². The Kier molecular flexibility index (Phi) is 4.63. The molecule has 0 radical (unpaired) electrons. The zero-order chi connectivity index (χ0) is 15.5. The number of aryl methyl sites for hydroxylation is 1. The third-order valence-corrected chi connectivity index (χ3v) is 3.37. The molecular weight excluding hydrogens is 262 g/mol. The zero-order valence-corrected chi connectivity index (χ0v) is 13.2. The average molecular weight is 285 g/mol. The second-order valence-electron chi connectivity index (χ2n) is 5.76. The lowest BCUT2D eigenvalue weighted by atomic mass is 9.96. The molecule has 0 fully saturated rings. The van der Waals surface area contributed by atoms with E-state index < -0.39 is 5.60 Å².